The molecule has 1 aliphatic rings. The van der Waals surface area contributed by atoms with Crippen LogP contribution in [-0.2, 0) is 11.3 Å². The van der Waals surface area contributed by atoms with E-state index in [-0.39, 0.29) is 18.0 Å². The van der Waals surface area contributed by atoms with Crippen LogP contribution in [0.15, 0.2) is 24.3 Å². The summed E-state index contributed by atoms with van der Waals surface area (Å²) in [7, 11) is 0. The molecule has 0 aliphatic carbocycles. The molecule has 0 saturated carbocycles. The van der Waals surface area contributed by atoms with E-state index in [1.165, 1.54) is 16.0 Å². The molecule has 1 saturated heterocycles. The van der Waals surface area contributed by atoms with Gasteiger partial charge in [-0.25, -0.2) is 4.79 Å². The summed E-state index contributed by atoms with van der Waals surface area (Å²) in [5, 5.41) is 5.19. The number of hydrogen-bond donors (Lipinski definition) is 4. The van der Waals surface area contributed by atoms with Crippen LogP contribution in [0.4, 0.5) is 4.79 Å². The molecule has 6 nitrogen and oxygen atoms in total. The molecule has 25 heavy (non-hydrogen) atoms. The lowest BCUT2D eigenvalue weighted by atomic mass is 10.1. The average molecular weight is 348 g/mol. The van der Waals surface area contributed by atoms with Crippen molar-refractivity contribution in [3.63, 3.8) is 0 Å². The Kier molecular flexibility index (Phi) is 7.40. The second kappa shape index (κ2) is 9.53. The van der Waals surface area contributed by atoms with Gasteiger partial charge in [-0.3, -0.25) is 10.1 Å². The zero-order valence-corrected chi connectivity index (χ0v) is 15.7. The smallest absolute Gasteiger partial charge is 0.321 e. The van der Waals surface area contributed by atoms with Crippen molar-refractivity contribution in [1.82, 2.24) is 10.6 Å². The largest absolute Gasteiger partial charge is 0.335 e. The lowest BCUT2D eigenvalue weighted by Crippen LogP contribution is -3.28. The van der Waals surface area contributed by atoms with Crippen LogP contribution in [0.3, 0.4) is 0 Å². The number of rotatable bonds is 6. The Morgan fingerprint density at radius 1 is 1.16 bits per heavy atom. The normalized spacial score (nSPS) is 21.4. The quantitative estimate of drug-likeness (QED) is 0.527. The summed E-state index contributed by atoms with van der Waals surface area (Å²) in [4.78, 5) is 26.5. The fourth-order valence-corrected chi connectivity index (χ4v) is 3.18. The van der Waals surface area contributed by atoms with Gasteiger partial charge in [-0.1, -0.05) is 36.8 Å². The molecule has 0 bridgehead atoms. The minimum Gasteiger partial charge on any atom is -0.335 e. The maximum absolute atomic E-state index is 12.0. The molecule has 4 N–H and O–H groups in total. The third kappa shape index (κ3) is 6.84. The van der Waals surface area contributed by atoms with Crippen LogP contribution in [0, 0.1) is 6.92 Å². The lowest BCUT2D eigenvalue weighted by molar-refractivity contribution is -1.02. The van der Waals surface area contributed by atoms with E-state index in [4.69, 9.17) is 0 Å². The van der Waals surface area contributed by atoms with Crippen LogP contribution in [0.25, 0.3) is 0 Å². The number of amides is 3. The zero-order valence-electron chi connectivity index (χ0n) is 15.7. The highest BCUT2D eigenvalue weighted by atomic mass is 16.2. The highest BCUT2D eigenvalue weighted by molar-refractivity contribution is 5.94. The van der Waals surface area contributed by atoms with Crippen LogP contribution in [0.2, 0.25) is 0 Å². The number of nitrogens with one attached hydrogen (secondary N) is 4. The first-order valence-corrected chi connectivity index (χ1v) is 9.29. The Morgan fingerprint density at radius 3 is 2.48 bits per heavy atom. The highest BCUT2D eigenvalue weighted by Gasteiger charge is 2.25. The summed E-state index contributed by atoms with van der Waals surface area (Å²) in [6, 6.07) is 8.35. The van der Waals surface area contributed by atoms with Crippen molar-refractivity contribution in [2.24, 2.45) is 0 Å². The van der Waals surface area contributed by atoms with E-state index in [1.54, 1.807) is 4.90 Å². The minimum absolute atomic E-state index is 0.0777. The fourth-order valence-electron chi connectivity index (χ4n) is 3.18. The first kappa shape index (κ1) is 19.4. The summed E-state index contributed by atoms with van der Waals surface area (Å²) in [5.74, 6) is -0.196. The van der Waals surface area contributed by atoms with E-state index in [9.17, 15) is 9.59 Å². The predicted molar refractivity (Wildman–Crippen MR) is 97.6 cm³/mol. The van der Waals surface area contributed by atoms with Crippen LogP contribution in [0.5, 0.6) is 0 Å². The number of carbonyl (C=O) groups excluding carboxylic acids is 2. The Hall–Kier alpha value is -1.92. The molecule has 6 heteroatoms. The Balaban J connectivity index is 1.69. The second-order valence-corrected chi connectivity index (χ2v) is 7.17. The first-order valence-electron chi connectivity index (χ1n) is 9.29. The SMILES string of the molecule is CC[C@H](C)NC(=O)NC(=O)C[NH+]1CC[NH+](Cc2cccc(C)c2)CC1. The monoisotopic (exact) mass is 348 g/mol. The number of hydrogen-bond acceptors (Lipinski definition) is 2. The summed E-state index contributed by atoms with van der Waals surface area (Å²) in [6.07, 6.45) is 0.846. The van der Waals surface area contributed by atoms with E-state index in [0.717, 1.165) is 39.1 Å². The topological polar surface area (TPSA) is 67.1 Å². The molecule has 0 aromatic heterocycles. The van der Waals surface area contributed by atoms with Gasteiger partial charge in [-0.05, 0) is 20.3 Å². The average Bonchev–Trinajstić information content (AvgIpc) is 2.56. The zero-order chi connectivity index (χ0) is 18.2. The fraction of sp³-hybridized carbons (Fsp3) is 0.579. The van der Waals surface area contributed by atoms with Crippen LogP contribution >= 0.6 is 0 Å². The standard InChI is InChI=1S/C19H30N4O2/c1-4-16(3)20-19(25)21-18(24)14-23-10-8-22(9-11-23)13-17-7-5-6-15(2)12-17/h5-7,12,16H,4,8-11,13-14H2,1-3H3,(H2,20,21,24,25)/p+2/t16-/m0/s1. The number of imide groups is 1. The maximum atomic E-state index is 12.0. The van der Waals surface area contributed by atoms with Crippen LogP contribution in [-0.4, -0.2) is 50.7 Å². The van der Waals surface area contributed by atoms with Gasteiger partial charge in [0.1, 0.15) is 32.7 Å². The molecular weight excluding hydrogens is 316 g/mol. The molecule has 0 unspecified atom stereocenters. The van der Waals surface area contributed by atoms with Gasteiger partial charge in [0.2, 0.25) is 0 Å². The van der Waals surface area contributed by atoms with E-state index in [2.05, 4.69) is 41.8 Å². The third-order valence-electron chi connectivity index (χ3n) is 4.85. The molecule has 1 aliphatic heterocycles. The summed E-state index contributed by atoms with van der Waals surface area (Å²) >= 11 is 0. The first-order chi connectivity index (χ1) is 12.0. The number of carbonyl (C=O) groups is 2. The summed E-state index contributed by atoms with van der Waals surface area (Å²) < 4.78 is 0. The van der Waals surface area contributed by atoms with E-state index in [0.29, 0.717) is 6.54 Å². The van der Waals surface area contributed by atoms with Crippen molar-refractivity contribution < 1.29 is 19.4 Å². The number of aryl methyl sites for hydroxylation is 1. The molecule has 1 heterocycles. The van der Waals surface area contributed by atoms with Gasteiger partial charge < -0.3 is 15.1 Å². The molecule has 1 fully saturated rings. The molecule has 1 aromatic carbocycles. The minimum atomic E-state index is -0.387. The van der Waals surface area contributed by atoms with Crippen molar-refractivity contribution in [3.05, 3.63) is 35.4 Å². The van der Waals surface area contributed by atoms with Gasteiger partial charge in [-0.15, -0.1) is 0 Å². The molecular formula is C19H32N4O2+2. The van der Waals surface area contributed by atoms with Gasteiger partial charge in [0.25, 0.3) is 5.91 Å². The molecule has 0 radical (unpaired) electrons. The Bertz CT molecular complexity index is 583. The van der Waals surface area contributed by atoms with Gasteiger partial charge in [-0.2, -0.15) is 0 Å². The van der Waals surface area contributed by atoms with Crippen molar-refractivity contribution >= 4 is 11.9 Å². The second-order valence-electron chi connectivity index (χ2n) is 7.17. The van der Waals surface area contributed by atoms with E-state index >= 15 is 0 Å². The van der Waals surface area contributed by atoms with Crippen molar-refractivity contribution in [1.29, 1.82) is 0 Å². The van der Waals surface area contributed by atoms with E-state index in [1.807, 2.05) is 13.8 Å². The van der Waals surface area contributed by atoms with Gasteiger partial charge in [0, 0.05) is 11.6 Å². The summed E-state index contributed by atoms with van der Waals surface area (Å²) in [6.45, 7) is 11.5. The van der Waals surface area contributed by atoms with Crippen molar-refractivity contribution in [3.8, 4) is 0 Å². The number of quaternary nitrogens is 2. The molecule has 1 atom stereocenters. The number of benzene rings is 1. The van der Waals surface area contributed by atoms with E-state index < -0.39 is 0 Å². The molecule has 138 valence electrons. The molecule has 1 aromatic rings. The predicted octanol–water partition coefficient (Wildman–Crippen LogP) is -1.10. The third-order valence-corrected chi connectivity index (χ3v) is 4.85. The highest BCUT2D eigenvalue weighted by Crippen LogP contribution is 2.01. The van der Waals surface area contributed by atoms with Crippen LogP contribution in [0.1, 0.15) is 31.4 Å². The Labute approximate surface area is 150 Å². The van der Waals surface area contributed by atoms with Gasteiger partial charge in [0.15, 0.2) is 6.54 Å². The van der Waals surface area contributed by atoms with Gasteiger partial charge >= 0.3 is 6.03 Å². The van der Waals surface area contributed by atoms with Crippen molar-refractivity contribution in [2.75, 3.05) is 32.7 Å². The Morgan fingerprint density at radius 2 is 1.84 bits per heavy atom. The van der Waals surface area contributed by atoms with Gasteiger partial charge in [0.05, 0.1) is 0 Å². The maximum Gasteiger partial charge on any atom is 0.321 e. The molecule has 3 amide bonds. The molecule has 0 spiro atoms. The van der Waals surface area contributed by atoms with Crippen molar-refractivity contribution in [2.45, 2.75) is 39.8 Å². The van der Waals surface area contributed by atoms with Crippen LogP contribution < -0.4 is 20.4 Å². The summed E-state index contributed by atoms with van der Waals surface area (Å²) in [5.41, 5.74) is 2.67. The number of urea groups is 1. The number of piperazine rings is 1. The molecule has 2 rings (SSSR count). The lowest BCUT2D eigenvalue weighted by Gasteiger charge is -2.29.